The Morgan fingerprint density at radius 3 is 1.00 bits per heavy atom. The quantitative estimate of drug-likeness (QED) is 0.426. The van der Waals surface area contributed by atoms with Crippen LogP contribution in [-0.2, 0) is 0 Å². The van der Waals surface area contributed by atoms with E-state index >= 15 is 0 Å². The Balaban J connectivity index is 0. The summed E-state index contributed by atoms with van der Waals surface area (Å²) in [5.74, 6) is 0. The van der Waals surface area contributed by atoms with Crippen LogP contribution < -0.4 is 0 Å². The van der Waals surface area contributed by atoms with Gasteiger partial charge in [0, 0.05) is 63.0 Å². The van der Waals surface area contributed by atoms with Crippen LogP contribution in [-0.4, -0.2) is 86.0 Å². The van der Waals surface area contributed by atoms with Crippen molar-refractivity contribution >= 4 is 86.0 Å². The fraction of sp³-hybridized carbons (Fsp3) is 0. The molecule has 0 aromatic rings. The van der Waals surface area contributed by atoms with Gasteiger partial charge in [0.15, 0.2) is 0 Å². The third-order valence-corrected chi connectivity index (χ3v) is 0. The third-order valence-electron chi connectivity index (χ3n) is 0. The van der Waals surface area contributed by atoms with Crippen molar-refractivity contribution in [3.05, 3.63) is 0 Å². The average Bonchev–Trinajstić information content (AvgIpc) is 0. The molecule has 0 bridgehead atoms. The van der Waals surface area contributed by atoms with E-state index in [1.807, 2.05) is 0 Å². The number of hydrogen-bond donors (Lipinski definition) is 0. The predicted octanol–water partition coefficient (Wildman–Crippen LogP) is -2.06. The molecule has 0 aliphatic heterocycles. The van der Waals surface area contributed by atoms with Gasteiger partial charge in [-0.05, 0) is 0 Å². The molecule has 0 N–H and O–H groups in total. The topological polar surface area (TPSA) is 0 Å². The normalized spacial score (nSPS) is 0. The second-order valence-corrected chi connectivity index (χ2v) is 0. The van der Waals surface area contributed by atoms with Crippen molar-refractivity contribution < 1.29 is 0 Å². The molecular formula is H2AlGaInMg. The molecule has 0 fully saturated rings. The first-order valence-corrected chi connectivity index (χ1v) is 0. The van der Waals surface area contributed by atoms with Gasteiger partial charge in [-0.25, -0.2) is 0 Å². The Kier molecular flexibility index (Phi) is 124. The Morgan fingerprint density at radius 1 is 1.00 bits per heavy atom. The largest absolute Gasteiger partial charge is 0.316 e. The molecule has 0 heterocycles. The van der Waals surface area contributed by atoms with E-state index in [2.05, 4.69) is 0 Å². The molecule has 0 aliphatic rings. The molecule has 0 unspecified atom stereocenters. The van der Waals surface area contributed by atoms with Gasteiger partial charge in [-0.15, -0.1) is 0 Å². The zero-order valence-corrected chi connectivity index (χ0v) is 8.61. The fourth-order valence-corrected chi connectivity index (χ4v) is 0. The summed E-state index contributed by atoms with van der Waals surface area (Å²) >= 11 is 0. The van der Waals surface area contributed by atoms with E-state index in [-0.39, 0.29) is 86.0 Å². The zero-order valence-electron chi connectivity index (χ0n) is 1.73. The van der Waals surface area contributed by atoms with Gasteiger partial charge in [-0.3, -0.25) is 0 Å². The maximum Gasteiger partial charge on any atom is 0.316 e. The van der Waals surface area contributed by atoms with Crippen LogP contribution >= 0.6 is 0 Å². The first kappa shape index (κ1) is 29.1. The van der Waals surface area contributed by atoms with Crippen LogP contribution in [0.5, 0.6) is 0 Å². The molecule has 9 radical (unpaired) electrons. The van der Waals surface area contributed by atoms with Crippen molar-refractivity contribution in [2.75, 3.05) is 0 Å². The van der Waals surface area contributed by atoms with E-state index < -0.39 is 0 Å². The summed E-state index contributed by atoms with van der Waals surface area (Å²) in [5, 5.41) is 0. The number of hydrogen-bond acceptors (Lipinski definition) is 0. The van der Waals surface area contributed by atoms with Gasteiger partial charge in [0.25, 0.3) is 0 Å². The second kappa shape index (κ2) is 17.0. The summed E-state index contributed by atoms with van der Waals surface area (Å²) in [6, 6.07) is 0. The average molecular weight is 238 g/mol. The molecule has 4 heteroatoms. The molecule has 0 aromatic carbocycles. The minimum Gasteiger partial charge on any atom is 0 e. The van der Waals surface area contributed by atoms with Gasteiger partial charge in [-0.1, -0.05) is 0 Å². The van der Waals surface area contributed by atoms with E-state index in [1.54, 1.807) is 0 Å². The van der Waals surface area contributed by atoms with Gasteiger partial charge in [0.05, 0.1) is 0 Å². The van der Waals surface area contributed by atoms with Gasteiger partial charge in [-0.2, -0.15) is 0 Å². The molecule has 0 rings (SSSR count). The first-order chi connectivity index (χ1) is 0. The van der Waals surface area contributed by atoms with Gasteiger partial charge < -0.3 is 0 Å². The van der Waals surface area contributed by atoms with E-state index in [9.17, 15) is 0 Å². The Labute approximate surface area is 84.6 Å². The standard InChI is InChI=1S/Al.Ga.In.Mg.2H. The van der Waals surface area contributed by atoms with E-state index in [4.69, 9.17) is 0 Å². The summed E-state index contributed by atoms with van der Waals surface area (Å²) < 4.78 is 0. The van der Waals surface area contributed by atoms with E-state index in [0.717, 1.165) is 0 Å². The maximum absolute atomic E-state index is 0. The molecule has 0 amide bonds. The molecule has 0 saturated carbocycles. The summed E-state index contributed by atoms with van der Waals surface area (Å²) in [6.07, 6.45) is 0. The van der Waals surface area contributed by atoms with Crippen LogP contribution in [0.2, 0.25) is 0 Å². The molecule has 0 saturated heterocycles. The third kappa shape index (κ3) is 8.84. The second-order valence-electron chi connectivity index (χ2n) is 0. The molecule has 0 nitrogen and oxygen atoms in total. The fourth-order valence-electron chi connectivity index (χ4n) is 0. The molecule has 13 valence electrons. The van der Waals surface area contributed by atoms with Crippen molar-refractivity contribution in [1.82, 2.24) is 0 Å². The summed E-state index contributed by atoms with van der Waals surface area (Å²) in [6.45, 7) is 0. The molecule has 0 aromatic heterocycles. The van der Waals surface area contributed by atoms with Gasteiger partial charge in [0.2, 0.25) is 0 Å². The van der Waals surface area contributed by atoms with Gasteiger partial charge in [0.1, 0.15) is 0 Å². The van der Waals surface area contributed by atoms with E-state index in [0.29, 0.717) is 0 Å². The smallest absolute Gasteiger partial charge is 0 e. The Hall–Kier alpha value is 2.81. The van der Waals surface area contributed by atoms with Crippen LogP contribution in [0.1, 0.15) is 0 Å². The van der Waals surface area contributed by atoms with Crippen molar-refractivity contribution in [3.63, 3.8) is 0 Å². The molecule has 0 atom stereocenters. The first-order valence-electron chi connectivity index (χ1n) is 0. The van der Waals surface area contributed by atoms with Crippen LogP contribution in [0.4, 0.5) is 0 Å². The minimum absolute atomic E-state index is 0. The van der Waals surface area contributed by atoms with Crippen molar-refractivity contribution in [3.8, 4) is 0 Å². The summed E-state index contributed by atoms with van der Waals surface area (Å²) in [4.78, 5) is 0. The van der Waals surface area contributed by atoms with Crippen LogP contribution in [0.3, 0.4) is 0 Å². The van der Waals surface area contributed by atoms with Crippen molar-refractivity contribution in [1.29, 1.82) is 0 Å². The summed E-state index contributed by atoms with van der Waals surface area (Å²) in [7, 11) is 0. The Bertz CT molecular complexity index is 8.00. The van der Waals surface area contributed by atoms with Crippen LogP contribution in [0.15, 0.2) is 0 Å². The predicted molar refractivity (Wildman–Crippen MR) is 25.8 cm³/mol. The summed E-state index contributed by atoms with van der Waals surface area (Å²) in [5.41, 5.74) is 0. The van der Waals surface area contributed by atoms with Gasteiger partial charge >= 0.3 is 23.1 Å². The minimum atomic E-state index is 0. The molecule has 0 aliphatic carbocycles. The maximum atomic E-state index is 0. The van der Waals surface area contributed by atoms with Crippen LogP contribution in [0, 0.1) is 0 Å². The molecule has 4 heavy (non-hydrogen) atoms. The zero-order chi connectivity index (χ0) is 0. The van der Waals surface area contributed by atoms with E-state index in [1.165, 1.54) is 0 Å². The Morgan fingerprint density at radius 2 is 1.00 bits per heavy atom. The SMILES string of the molecule is [Al].[Ga].[In].[MgH2]. The molecule has 0 spiro atoms. The van der Waals surface area contributed by atoms with Crippen molar-refractivity contribution in [2.45, 2.75) is 0 Å². The van der Waals surface area contributed by atoms with Crippen molar-refractivity contribution in [2.24, 2.45) is 0 Å². The number of rotatable bonds is 0. The monoisotopic (exact) mass is 237 g/mol. The molecular weight excluding hydrogens is 236 g/mol. The van der Waals surface area contributed by atoms with Crippen LogP contribution in [0.25, 0.3) is 0 Å².